The van der Waals surface area contributed by atoms with Gasteiger partial charge in [0.25, 0.3) is 0 Å². The number of pyridine rings is 1. The number of rotatable bonds is 6. The van der Waals surface area contributed by atoms with E-state index in [1.807, 2.05) is 19.1 Å². The van der Waals surface area contributed by atoms with Gasteiger partial charge in [0, 0.05) is 48.2 Å². The number of nitrogens with one attached hydrogen (secondary N) is 1. The van der Waals surface area contributed by atoms with Crippen LogP contribution in [0, 0.1) is 35.9 Å². The van der Waals surface area contributed by atoms with Crippen LogP contribution >= 0.6 is 0 Å². The fourth-order valence-corrected chi connectivity index (χ4v) is 11.2. The van der Waals surface area contributed by atoms with Crippen LogP contribution in [-0.4, -0.2) is 69.6 Å². The fraction of sp³-hybridized carbons (Fsp3) is 0.548. The van der Waals surface area contributed by atoms with Crippen LogP contribution in [0.15, 0.2) is 30.3 Å². The monoisotopic (exact) mass is 686 g/mol. The standard InChI is InChI=1S/C42H47FN6O2/c1-21-14-29-39(38(43)36(21)28-11-6-9-24-8-5-10-25(19-44)37(24)28)46-42(51-22(2)32-12-7-13-47(32)4)30-18-35(34-17-26-16-33(26)48(34)23(3)50)49(41(29)30)40-27-15-31(40)45-20-27/h6,9,11,14,18,22,25-27,31-34,40,45H,5,7-8,10,12-13,15-17,20H2,1-4H3/t22-,25?,26-,27+,31+,32-,33-,34+,40-/m0/s1. The predicted molar refractivity (Wildman–Crippen MR) is 195 cm³/mol. The van der Waals surface area contributed by atoms with Gasteiger partial charge in [-0.3, -0.25) is 9.69 Å². The highest BCUT2D eigenvalue weighted by Gasteiger charge is 2.56. The molecule has 11 rings (SSSR count). The van der Waals surface area contributed by atoms with Gasteiger partial charge in [0.1, 0.15) is 11.6 Å². The largest absolute Gasteiger partial charge is 0.472 e. The molecule has 6 heterocycles. The van der Waals surface area contributed by atoms with Crippen LogP contribution in [0.5, 0.6) is 5.88 Å². The Morgan fingerprint density at radius 1 is 1.14 bits per heavy atom. The topological polar surface area (TPSA) is 86.4 Å². The van der Waals surface area contributed by atoms with E-state index in [0.29, 0.717) is 40.9 Å². The van der Waals surface area contributed by atoms with Gasteiger partial charge in [-0.05, 0) is 125 Å². The van der Waals surface area contributed by atoms with Crippen molar-refractivity contribution in [2.75, 3.05) is 20.1 Å². The van der Waals surface area contributed by atoms with Crippen molar-refractivity contribution in [2.45, 2.75) is 114 Å². The van der Waals surface area contributed by atoms with Crippen LogP contribution in [0.4, 0.5) is 4.39 Å². The number of likely N-dealkylation sites (tertiary alicyclic amines) is 2. The molecular weight excluding hydrogens is 640 g/mol. The molecule has 1 unspecified atom stereocenters. The zero-order chi connectivity index (χ0) is 34.9. The van der Waals surface area contributed by atoms with Crippen LogP contribution < -0.4 is 10.1 Å². The molecule has 2 aromatic carbocycles. The molecule has 51 heavy (non-hydrogen) atoms. The Labute approximate surface area is 298 Å². The minimum atomic E-state index is -0.352. The van der Waals surface area contributed by atoms with Crippen molar-refractivity contribution in [1.29, 1.82) is 5.26 Å². The molecule has 9 atom stereocenters. The summed E-state index contributed by atoms with van der Waals surface area (Å²) in [5, 5.41) is 15.6. The summed E-state index contributed by atoms with van der Waals surface area (Å²) in [5.41, 5.74) is 6.71. The van der Waals surface area contributed by atoms with Crippen LogP contribution in [0.1, 0.15) is 99.2 Å². The lowest BCUT2D eigenvalue weighted by Crippen LogP contribution is -2.41. The summed E-state index contributed by atoms with van der Waals surface area (Å²) < 4.78 is 27.1. The lowest BCUT2D eigenvalue weighted by molar-refractivity contribution is -0.131. The summed E-state index contributed by atoms with van der Waals surface area (Å²) in [6.45, 7) is 7.83. The number of hydrogen-bond donors (Lipinski definition) is 1. The number of nitrogens with zero attached hydrogens (tertiary/aromatic N) is 5. The lowest BCUT2D eigenvalue weighted by atomic mass is 9.78. The second-order valence-corrected chi connectivity index (χ2v) is 16.6. The molecule has 9 heteroatoms. The number of likely N-dealkylation sites (N-methyl/N-ethyl adjacent to an activating group) is 1. The van der Waals surface area contributed by atoms with Crippen LogP contribution in [-0.2, 0) is 11.2 Å². The Kier molecular flexibility index (Phi) is 7.15. The number of carbonyl (C=O) groups is 1. The van der Waals surface area contributed by atoms with Gasteiger partial charge in [0.05, 0.1) is 35.0 Å². The summed E-state index contributed by atoms with van der Waals surface area (Å²) in [5.74, 6) is 1.01. The highest BCUT2D eigenvalue weighted by Crippen LogP contribution is 2.57. The number of benzene rings is 2. The predicted octanol–water partition coefficient (Wildman–Crippen LogP) is 7.32. The number of piperidine rings is 1. The quantitative estimate of drug-likeness (QED) is 0.229. The average Bonchev–Trinajstić information content (AvgIpc) is 3.70. The number of aryl methyl sites for hydroxylation is 2. The van der Waals surface area contributed by atoms with Crippen molar-refractivity contribution in [3.63, 3.8) is 0 Å². The first-order valence-electron chi connectivity index (χ1n) is 19.3. The van der Waals surface area contributed by atoms with E-state index >= 15 is 4.39 Å². The Morgan fingerprint density at radius 3 is 2.73 bits per heavy atom. The van der Waals surface area contributed by atoms with E-state index in [1.165, 1.54) is 0 Å². The van der Waals surface area contributed by atoms with E-state index < -0.39 is 0 Å². The molecule has 264 valence electrons. The summed E-state index contributed by atoms with van der Waals surface area (Å²) in [6.07, 6.45) is 7.85. The Morgan fingerprint density at radius 2 is 2.00 bits per heavy atom. The minimum Gasteiger partial charge on any atom is -0.472 e. The maximum Gasteiger partial charge on any atom is 0.223 e. The number of hydrogen-bond acceptors (Lipinski definition) is 6. The number of nitriles is 1. The minimum absolute atomic E-state index is 0.0242. The van der Waals surface area contributed by atoms with Crippen molar-refractivity contribution in [3.8, 4) is 23.1 Å². The van der Waals surface area contributed by atoms with E-state index in [0.717, 1.165) is 109 Å². The summed E-state index contributed by atoms with van der Waals surface area (Å²) in [7, 11) is 2.15. The van der Waals surface area contributed by atoms with Gasteiger partial charge >= 0.3 is 0 Å². The molecule has 1 N–H and O–H groups in total. The second kappa shape index (κ2) is 11.5. The van der Waals surface area contributed by atoms with E-state index in [-0.39, 0.29) is 41.9 Å². The zero-order valence-corrected chi connectivity index (χ0v) is 30.1. The van der Waals surface area contributed by atoms with E-state index in [1.54, 1.807) is 6.92 Å². The Hall–Kier alpha value is -4.00. The zero-order valence-electron chi connectivity index (χ0n) is 30.1. The number of carbonyl (C=O) groups excluding carboxylic acids is 1. The van der Waals surface area contributed by atoms with Crippen molar-refractivity contribution in [1.82, 2.24) is 24.7 Å². The van der Waals surface area contributed by atoms with Gasteiger partial charge in [-0.25, -0.2) is 9.37 Å². The fourth-order valence-electron chi connectivity index (χ4n) is 11.2. The number of fused-ring (bicyclic) bond motifs is 6. The maximum atomic E-state index is 17.7. The lowest BCUT2D eigenvalue weighted by Gasteiger charge is -2.39. The average molecular weight is 687 g/mol. The molecular formula is C42H47FN6O2. The third-order valence-corrected chi connectivity index (χ3v) is 13.7. The molecule has 0 radical (unpaired) electrons. The summed E-state index contributed by atoms with van der Waals surface area (Å²) >= 11 is 0. The Balaban J connectivity index is 1.24. The molecule has 7 aliphatic rings. The molecule has 4 aromatic rings. The first-order valence-corrected chi connectivity index (χ1v) is 19.3. The third-order valence-electron chi connectivity index (χ3n) is 13.7. The first kappa shape index (κ1) is 31.7. The molecule has 4 saturated heterocycles. The molecule has 1 amide bonds. The smallest absolute Gasteiger partial charge is 0.223 e. The highest BCUT2D eigenvalue weighted by atomic mass is 19.1. The third kappa shape index (κ3) is 4.61. The van der Waals surface area contributed by atoms with Crippen molar-refractivity contribution < 1.29 is 13.9 Å². The number of amides is 1. The number of halogens is 1. The molecule has 8 nitrogen and oxygen atoms in total. The van der Waals surface area contributed by atoms with E-state index in [9.17, 15) is 10.1 Å². The van der Waals surface area contributed by atoms with Gasteiger partial charge in [-0.15, -0.1) is 0 Å². The second-order valence-electron chi connectivity index (χ2n) is 16.6. The molecule has 6 fully saturated rings. The molecule has 2 saturated carbocycles. The molecule has 2 bridgehead atoms. The van der Waals surface area contributed by atoms with E-state index in [2.05, 4.69) is 57.9 Å². The highest BCUT2D eigenvalue weighted by molar-refractivity contribution is 6.09. The molecule has 4 aliphatic heterocycles. The molecule has 0 spiro atoms. The maximum absolute atomic E-state index is 17.7. The van der Waals surface area contributed by atoms with Crippen molar-refractivity contribution in [3.05, 3.63) is 58.5 Å². The van der Waals surface area contributed by atoms with Crippen molar-refractivity contribution >= 4 is 27.7 Å². The first-order chi connectivity index (χ1) is 24.7. The van der Waals surface area contributed by atoms with Crippen LogP contribution in [0.3, 0.4) is 0 Å². The summed E-state index contributed by atoms with van der Waals surface area (Å²) in [6, 6.07) is 14.1. The van der Waals surface area contributed by atoms with Gasteiger partial charge in [0.2, 0.25) is 11.8 Å². The van der Waals surface area contributed by atoms with Gasteiger partial charge < -0.3 is 19.5 Å². The van der Waals surface area contributed by atoms with Gasteiger partial charge in [0.15, 0.2) is 5.82 Å². The van der Waals surface area contributed by atoms with E-state index in [4.69, 9.17) is 9.72 Å². The van der Waals surface area contributed by atoms with Crippen molar-refractivity contribution in [2.24, 2.45) is 11.8 Å². The Bertz CT molecular complexity index is 2160. The molecule has 2 aromatic heterocycles. The SMILES string of the molecule is CC(=O)N1[C@@H](c2cc3c(O[C@@H](C)[C@@H]4CCCN4C)nc4c(F)c(-c5cccc6c5C(C#N)CCC6)c(C)cc4c3n2[C@H]2[C@H]3CN[C@@H]2C3)C[C@@H]2C[C@@H]21. The number of aromatic nitrogens is 2. The van der Waals surface area contributed by atoms with Crippen LogP contribution in [0.2, 0.25) is 0 Å². The number of ether oxygens (including phenoxy) is 1. The van der Waals surface area contributed by atoms with Gasteiger partial charge in [-0.1, -0.05) is 18.2 Å². The van der Waals surface area contributed by atoms with Gasteiger partial charge in [-0.2, -0.15) is 5.26 Å². The summed E-state index contributed by atoms with van der Waals surface area (Å²) in [4.78, 5) is 22.8. The van der Waals surface area contributed by atoms with Crippen LogP contribution in [0.25, 0.3) is 32.9 Å². The normalized spacial score (nSPS) is 31.4. The molecule has 3 aliphatic carbocycles.